The number of hydrogen-bond donors (Lipinski definition) is 5. The highest BCUT2D eigenvalue weighted by Crippen LogP contribution is 2.50. The van der Waals surface area contributed by atoms with E-state index in [1.54, 1.807) is 52.0 Å². The molecule has 0 fully saturated rings. The average molecular weight is 757 g/mol. The molecule has 0 saturated heterocycles. The number of aromatic hydroxyl groups is 1. The number of aryl methyl sites for hydroxylation is 1. The van der Waals surface area contributed by atoms with E-state index < -0.39 is 76.7 Å². The first kappa shape index (κ1) is 39.6. The van der Waals surface area contributed by atoms with Crippen molar-refractivity contribution in [3.63, 3.8) is 0 Å². The van der Waals surface area contributed by atoms with Gasteiger partial charge in [0.25, 0.3) is 11.7 Å². The fourth-order valence-corrected chi connectivity index (χ4v) is 7.52. The highest BCUT2D eigenvalue weighted by Gasteiger charge is 2.50. The van der Waals surface area contributed by atoms with Crippen LogP contribution in [0.25, 0.3) is 33.3 Å². The number of phenols is 1. The molecule has 0 radical (unpaired) electrons. The number of fused-ring (bicyclic) bond motifs is 2. The number of carbonyl (C=O) groups excluding carboxylic acids is 2. The number of benzene rings is 3. The number of phenolic OH excluding ortho intramolecular Hbond substituents is 1. The Hall–Kier alpha value is -5.08. The quantitative estimate of drug-likeness (QED) is 0.118. The molecule has 0 unspecified atom stereocenters. The van der Waals surface area contributed by atoms with Gasteiger partial charge in [-0.1, -0.05) is 52.0 Å². The van der Waals surface area contributed by atoms with Crippen LogP contribution in [-0.2, 0) is 14.3 Å². The number of amides is 1. The van der Waals surface area contributed by atoms with Crippen LogP contribution in [0.4, 0.5) is 5.69 Å². The van der Waals surface area contributed by atoms with E-state index in [1.807, 2.05) is 13.0 Å². The first-order chi connectivity index (χ1) is 25.9. The number of hydrogen-bond acceptors (Lipinski definition) is 12. The summed E-state index contributed by atoms with van der Waals surface area (Å²) in [6.07, 6.45) is 3.58. The van der Waals surface area contributed by atoms with Crippen molar-refractivity contribution in [2.24, 2.45) is 23.7 Å². The third-order valence-corrected chi connectivity index (χ3v) is 11.2. The second kappa shape index (κ2) is 14.9. The number of aliphatic hydroxyl groups is 3. The molecule has 5 N–H and O–H groups in total. The SMILES string of the molecule is CO[C@H]1/C=C/O[C@@]2(C)Oc3c(C)c(O)c4c(=O)c(c5oc6cc(C)ccc6nc-5c4c3C2=O)NC(=O)/C(C)=C\C=C\[C@H](C)[C@H](O)[C@@H](C)[C@@H](O)[C@@H](C)[C@H](O)[C@@H]1C. The normalized spacial score (nSPS) is 31.6. The molecule has 0 aromatic heterocycles. The molecular weight excluding hydrogens is 708 g/mol. The van der Waals surface area contributed by atoms with E-state index in [9.17, 15) is 34.8 Å². The van der Waals surface area contributed by atoms with Crippen LogP contribution < -0.4 is 15.5 Å². The molecule has 0 spiro atoms. The summed E-state index contributed by atoms with van der Waals surface area (Å²) in [5, 5.41) is 47.8. The molecule has 4 aliphatic rings. The maximum absolute atomic E-state index is 14.5. The number of methoxy groups -OCH3 is 1. The lowest BCUT2D eigenvalue weighted by Crippen LogP contribution is -2.44. The van der Waals surface area contributed by atoms with Gasteiger partial charge in [-0.15, -0.1) is 0 Å². The van der Waals surface area contributed by atoms with E-state index in [1.165, 1.54) is 46.3 Å². The summed E-state index contributed by atoms with van der Waals surface area (Å²) in [7, 11) is 1.45. The Balaban J connectivity index is 1.59. The van der Waals surface area contributed by atoms with Crippen LogP contribution in [-0.4, -0.2) is 74.4 Å². The molecule has 2 aromatic carbocycles. The van der Waals surface area contributed by atoms with Gasteiger partial charge in [-0.25, -0.2) is 4.98 Å². The summed E-state index contributed by atoms with van der Waals surface area (Å²) >= 11 is 0. The predicted octanol–water partition coefficient (Wildman–Crippen LogP) is 5.69. The van der Waals surface area contributed by atoms with Crippen LogP contribution in [0.1, 0.15) is 63.0 Å². The minimum absolute atomic E-state index is 0.0225. The van der Waals surface area contributed by atoms with Gasteiger partial charge in [0.05, 0.1) is 41.6 Å². The first-order valence-corrected chi connectivity index (χ1v) is 18.3. The molecule has 4 bridgehead atoms. The lowest BCUT2D eigenvalue weighted by atomic mass is 9.78. The number of nitrogens with zero attached hydrogens (tertiary/aromatic N) is 1. The molecule has 13 nitrogen and oxygen atoms in total. The monoisotopic (exact) mass is 756 g/mol. The Labute approximate surface area is 318 Å². The van der Waals surface area contributed by atoms with Crippen molar-refractivity contribution < 1.29 is 48.6 Å². The van der Waals surface area contributed by atoms with Crippen molar-refractivity contribution in [1.29, 1.82) is 0 Å². The van der Waals surface area contributed by atoms with E-state index in [0.717, 1.165) is 5.56 Å². The third kappa shape index (κ3) is 6.79. The van der Waals surface area contributed by atoms with Crippen molar-refractivity contribution in [2.45, 2.75) is 85.6 Å². The first-order valence-electron chi connectivity index (χ1n) is 18.3. The van der Waals surface area contributed by atoms with Gasteiger partial charge in [-0.3, -0.25) is 14.4 Å². The number of ketones is 1. The molecule has 3 heterocycles. The minimum atomic E-state index is -1.98. The molecule has 0 saturated carbocycles. The van der Waals surface area contributed by atoms with Crippen molar-refractivity contribution >= 4 is 39.2 Å². The number of Topliss-reactive ketones (excluding diaryl/α,β-unsaturated/α-hetero) is 1. The number of aromatic nitrogens is 1. The predicted molar refractivity (Wildman–Crippen MR) is 206 cm³/mol. The highest BCUT2D eigenvalue weighted by atomic mass is 16.7. The largest absolute Gasteiger partial charge is 0.507 e. The van der Waals surface area contributed by atoms with E-state index in [0.29, 0.717) is 11.1 Å². The maximum atomic E-state index is 14.5. The summed E-state index contributed by atoms with van der Waals surface area (Å²) < 4.78 is 24.1. The van der Waals surface area contributed by atoms with Crippen molar-refractivity contribution in [1.82, 2.24) is 4.98 Å². The van der Waals surface area contributed by atoms with Crippen LogP contribution in [0, 0.1) is 37.5 Å². The molecular formula is C42H48N2O11. The Morgan fingerprint density at radius 3 is 2.27 bits per heavy atom. The summed E-state index contributed by atoms with van der Waals surface area (Å²) in [6, 6.07) is 5.26. The number of aliphatic hydroxyl groups excluding tert-OH is 3. The molecule has 2 aromatic rings. The molecule has 55 heavy (non-hydrogen) atoms. The topological polar surface area (TPSA) is 198 Å². The van der Waals surface area contributed by atoms with E-state index in [2.05, 4.69) is 5.32 Å². The number of carbonyl (C=O) groups is 2. The summed E-state index contributed by atoms with van der Waals surface area (Å²) in [6.45, 7) is 13.2. The summed E-state index contributed by atoms with van der Waals surface area (Å²) in [4.78, 5) is 47.4. The highest BCUT2D eigenvalue weighted by molar-refractivity contribution is 6.22. The van der Waals surface area contributed by atoms with Crippen LogP contribution in [0.3, 0.4) is 0 Å². The summed E-state index contributed by atoms with van der Waals surface area (Å²) in [5.74, 6) is -6.33. The molecule has 1 amide bonds. The number of allylic oxidation sites excluding steroid dienone is 2. The van der Waals surface area contributed by atoms with Crippen LogP contribution in [0.15, 0.2) is 63.6 Å². The number of rotatable bonds is 1. The van der Waals surface area contributed by atoms with Crippen LogP contribution >= 0.6 is 0 Å². The third-order valence-electron chi connectivity index (χ3n) is 11.2. The zero-order valence-electron chi connectivity index (χ0n) is 32.3. The molecule has 3 aliphatic heterocycles. The van der Waals surface area contributed by atoms with Gasteiger partial charge >= 0.3 is 5.79 Å². The van der Waals surface area contributed by atoms with E-state index in [4.69, 9.17) is 23.6 Å². The van der Waals surface area contributed by atoms with Gasteiger partial charge in [0.1, 0.15) is 28.4 Å². The second-order valence-corrected chi connectivity index (χ2v) is 15.1. The van der Waals surface area contributed by atoms with Gasteiger partial charge in [-0.2, -0.15) is 0 Å². The van der Waals surface area contributed by atoms with Gasteiger partial charge in [0.2, 0.25) is 5.43 Å². The van der Waals surface area contributed by atoms with Crippen LogP contribution in [0.5, 0.6) is 11.5 Å². The fourth-order valence-electron chi connectivity index (χ4n) is 7.52. The van der Waals surface area contributed by atoms with Crippen molar-refractivity contribution in [3.8, 4) is 23.0 Å². The molecule has 6 rings (SSSR count). The standard InChI is InChI=1S/C42H48N2O11/c1-18-13-14-25-27(17-18)54-39-31(43-25)28-29-36(48)24(7)38-30(28)40(50)42(8,55-38)53-16-15-26(52-9)21(4)34(46)23(6)35(47)22(5)33(45)19(2)11-10-12-20(3)41(51)44-32(39)37(29)49/h10-17,19,21-23,26,33-35,45-48H,1-9H3,(H,44,51)/b11-10+,16-15+,20-12-/t19-,21+,22+,23-,26-,33-,34+,35+,42-/m0/s1. The number of anilines is 1. The van der Waals surface area contributed by atoms with Gasteiger partial charge in [0.15, 0.2) is 11.3 Å². The second-order valence-electron chi connectivity index (χ2n) is 15.1. The number of ether oxygens (including phenoxy) is 3. The minimum Gasteiger partial charge on any atom is -0.507 e. The van der Waals surface area contributed by atoms with E-state index >= 15 is 0 Å². The smallest absolute Gasteiger partial charge is 0.312 e. The lowest BCUT2D eigenvalue weighted by Gasteiger charge is -2.36. The fraction of sp³-hybridized carbons (Fsp3) is 0.429. The Morgan fingerprint density at radius 2 is 1.58 bits per heavy atom. The Kier molecular flexibility index (Phi) is 10.7. The Bertz CT molecular complexity index is 2310. The molecule has 292 valence electrons. The molecule has 13 heteroatoms. The zero-order valence-corrected chi connectivity index (χ0v) is 32.3. The van der Waals surface area contributed by atoms with E-state index in [-0.39, 0.29) is 50.4 Å². The van der Waals surface area contributed by atoms with Gasteiger partial charge in [0, 0.05) is 54.2 Å². The number of nitrogens with one attached hydrogen (secondary N) is 1. The molecule has 9 atom stereocenters. The Morgan fingerprint density at radius 1 is 0.909 bits per heavy atom. The van der Waals surface area contributed by atoms with Gasteiger partial charge < -0.3 is 44.4 Å². The maximum Gasteiger partial charge on any atom is 0.312 e. The summed E-state index contributed by atoms with van der Waals surface area (Å²) in [5.41, 5.74) is 0.682. The zero-order chi connectivity index (χ0) is 40.3. The van der Waals surface area contributed by atoms with Gasteiger partial charge in [-0.05, 0) is 44.5 Å². The molecule has 1 aliphatic carbocycles. The van der Waals surface area contributed by atoms with Crippen LogP contribution in [0.2, 0.25) is 0 Å². The van der Waals surface area contributed by atoms with Crippen molar-refractivity contribution in [2.75, 3.05) is 12.4 Å². The van der Waals surface area contributed by atoms with Crippen molar-refractivity contribution in [3.05, 3.63) is 81.3 Å². The lowest BCUT2D eigenvalue weighted by molar-refractivity contribution is -0.112. The average Bonchev–Trinajstić information content (AvgIpc) is 3.42.